The number of carbonyl (C=O) groups excluding carboxylic acids is 1. The van der Waals surface area contributed by atoms with E-state index in [9.17, 15) is 13.2 Å². The quantitative estimate of drug-likeness (QED) is 0.683. The van der Waals surface area contributed by atoms with Crippen LogP contribution in [-0.2, 0) is 27.7 Å². The topological polar surface area (TPSA) is 78.5 Å². The van der Waals surface area contributed by atoms with Crippen molar-refractivity contribution >= 4 is 33.0 Å². The van der Waals surface area contributed by atoms with E-state index in [0.29, 0.717) is 25.3 Å². The van der Waals surface area contributed by atoms with Gasteiger partial charge in [0.25, 0.3) is 0 Å². The third-order valence-electron chi connectivity index (χ3n) is 6.03. The summed E-state index contributed by atoms with van der Waals surface area (Å²) in [5.74, 6) is 0.363. The van der Waals surface area contributed by atoms with Crippen molar-refractivity contribution in [2.75, 3.05) is 31.5 Å². The molecule has 0 unspecified atom stereocenters. The predicted octanol–water partition coefficient (Wildman–Crippen LogP) is 3.26. The number of anilines is 1. The summed E-state index contributed by atoms with van der Waals surface area (Å²) in [4.78, 5) is 15.9. The summed E-state index contributed by atoms with van der Waals surface area (Å²) >= 11 is 1.81. The highest BCUT2D eigenvalue weighted by Crippen LogP contribution is 2.25. The summed E-state index contributed by atoms with van der Waals surface area (Å²) in [5.41, 5.74) is 1.62. The summed E-state index contributed by atoms with van der Waals surface area (Å²) in [6.45, 7) is 3.60. The lowest BCUT2D eigenvalue weighted by atomic mass is 9.97. The fourth-order valence-electron chi connectivity index (χ4n) is 4.17. The Morgan fingerprint density at radius 2 is 2.00 bits per heavy atom. The second-order valence-electron chi connectivity index (χ2n) is 8.19. The monoisotopic (exact) mass is 447 g/mol. The molecule has 1 aromatic carbocycles. The summed E-state index contributed by atoms with van der Waals surface area (Å²) < 4.78 is 28.4. The molecule has 2 aliphatic rings. The molecule has 0 radical (unpaired) electrons. The largest absolute Gasteiger partial charge is 0.326 e. The minimum Gasteiger partial charge on any atom is -0.326 e. The van der Waals surface area contributed by atoms with Gasteiger partial charge >= 0.3 is 0 Å². The number of benzene rings is 1. The zero-order valence-electron chi connectivity index (χ0n) is 17.1. The first-order chi connectivity index (χ1) is 14.5. The van der Waals surface area contributed by atoms with Crippen molar-refractivity contribution < 1.29 is 13.2 Å². The van der Waals surface area contributed by atoms with Gasteiger partial charge in [0.15, 0.2) is 0 Å². The molecule has 1 saturated heterocycles. The van der Waals surface area contributed by atoms with Gasteiger partial charge in [-0.05, 0) is 86.3 Å². The van der Waals surface area contributed by atoms with Crippen molar-refractivity contribution in [2.24, 2.45) is 5.92 Å². The molecule has 8 heteroatoms. The van der Waals surface area contributed by atoms with Gasteiger partial charge in [0.2, 0.25) is 15.9 Å². The molecule has 0 aliphatic carbocycles. The number of piperidine rings is 1. The molecule has 0 atom stereocenters. The van der Waals surface area contributed by atoms with E-state index < -0.39 is 10.0 Å². The second-order valence-corrected chi connectivity index (χ2v) is 11.0. The smallest absolute Gasteiger partial charge is 0.240 e. The van der Waals surface area contributed by atoms with Gasteiger partial charge in [-0.25, -0.2) is 13.1 Å². The maximum Gasteiger partial charge on any atom is 0.240 e. The fraction of sp³-hybridized carbons (Fsp3) is 0.500. The van der Waals surface area contributed by atoms with Crippen LogP contribution in [0.1, 0.15) is 36.1 Å². The number of likely N-dealkylation sites (tertiary alicyclic amines) is 1. The average Bonchev–Trinajstić information content (AvgIpc) is 3.19. The molecule has 2 N–H and O–H groups in total. The number of carbonyl (C=O) groups is 1. The zero-order valence-corrected chi connectivity index (χ0v) is 18.7. The molecule has 0 spiro atoms. The molecule has 6 nitrogen and oxygen atoms in total. The minimum atomic E-state index is -3.55. The van der Waals surface area contributed by atoms with Crippen LogP contribution in [0.2, 0.25) is 0 Å². The van der Waals surface area contributed by atoms with Crippen LogP contribution in [0.25, 0.3) is 0 Å². The Balaban J connectivity index is 1.27. The van der Waals surface area contributed by atoms with Crippen LogP contribution < -0.4 is 10.0 Å². The molecular weight excluding hydrogens is 418 g/mol. The molecule has 162 valence electrons. The Kier molecular flexibility index (Phi) is 6.87. The first-order valence-electron chi connectivity index (χ1n) is 10.7. The number of fused-ring (bicyclic) bond motifs is 1. The molecule has 0 saturated carbocycles. The van der Waals surface area contributed by atoms with Crippen molar-refractivity contribution in [1.29, 1.82) is 0 Å². The van der Waals surface area contributed by atoms with Crippen molar-refractivity contribution in [3.8, 4) is 0 Å². The van der Waals surface area contributed by atoms with Crippen LogP contribution in [0.3, 0.4) is 0 Å². The highest BCUT2D eigenvalue weighted by Gasteiger charge is 2.23. The van der Waals surface area contributed by atoms with E-state index >= 15 is 0 Å². The van der Waals surface area contributed by atoms with Crippen LogP contribution in [0.15, 0.2) is 40.6 Å². The number of hydrogen-bond donors (Lipinski definition) is 2. The Labute approximate surface area is 182 Å². The molecule has 30 heavy (non-hydrogen) atoms. The van der Waals surface area contributed by atoms with Gasteiger partial charge in [-0.15, -0.1) is 11.3 Å². The van der Waals surface area contributed by atoms with E-state index in [1.165, 1.54) is 4.88 Å². The maximum atomic E-state index is 12.8. The normalized spacial score (nSPS) is 18.6. The summed E-state index contributed by atoms with van der Waals surface area (Å²) in [6.07, 6.45) is 5.04. The van der Waals surface area contributed by atoms with E-state index in [4.69, 9.17) is 0 Å². The summed E-state index contributed by atoms with van der Waals surface area (Å²) in [6, 6.07) is 9.27. The minimum absolute atomic E-state index is 0.00999. The zero-order chi connectivity index (χ0) is 21.0. The SMILES string of the molecule is O=C1CCCc2cc(S(=O)(=O)NCC3CCN(CCc4cccs4)CC3)ccc2N1. The van der Waals surface area contributed by atoms with Gasteiger partial charge in [0.05, 0.1) is 4.90 Å². The predicted molar refractivity (Wildman–Crippen MR) is 120 cm³/mol. The maximum absolute atomic E-state index is 12.8. The van der Waals surface area contributed by atoms with E-state index in [0.717, 1.165) is 56.6 Å². The number of nitrogens with one attached hydrogen (secondary N) is 2. The fourth-order valence-corrected chi connectivity index (χ4v) is 6.03. The average molecular weight is 448 g/mol. The van der Waals surface area contributed by atoms with E-state index in [2.05, 4.69) is 32.5 Å². The molecule has 2 aliphatic heterocycles. The lowest BCUT2D eigenvalue weighted by molar-refractivity contribution is -0.116. The lowest BCUT2D eigenvalue weighted by Gasteiger charge is -2.31. The third-order valence-corrected chi connectivity index (χ3v) is 8.39. The van der Waals surface area contributed by atoms with Crippen LogP contribution in [-0.4, -0.2) is 45.4 Å². The van der Waals surface area contributed by atoms with E-state index in [1.54, 1.807) is 29.5 Å². The van der Waals surface area contributed by atoms with Gasteiger partial charge in [-0.1, -0.05) is 6.07 Å². The van der Waals surface area contributed by atoms with Crippen LogP contribution in [0, 0.1) is 5.92 Å². The Bertz CT molecular complexity index is 966. The van der Waals surface area contributed by atoms with Gasteiger partial charge in [0.1, 0.15) is 0 Å². The molecule has 1 amide bonds. The lowest BCUT2D eigenvalue weighted by Crippen LogP contribution is -2.39. The van der Waals surface area contributed by atoms with Gasteiger partial charge in [-0.3, -0.25) is 4.79 Å². The van der Waals surface area contributed by atoms with Gasteiger partial charge < -0.3 is 10.2 Å². The van der Waals surface area contributed by atoms with Crippen molar-refractivity contribution in [3.63, 3.8) is 0 Å². The molecule has 3 heterocycles. The molecule has 1 fully saturated rings. The number of amides is 1. The van der Waals surface area contributed by atoms with E-state index in [1.807, 2.05) is 0 Å². The van der Waals surface area contributed by atoms with Gasteiger partial charge in [0, 0.05) is 30.1 Å². The number of rotatable bonds is 7. The van der Waals surface area contributed by atoms with E-state index in [-0.39, 0.29) is 10.8 Å². The summed E-state index contributed by atoms with van der Waals surface area (Å²) in [7, 11) is -3.55. The number of aryl methyl sites for hydroxylation is 1. The number of sulfonamides is 1. The second kappa shape index (κ2) is 9.60. The van der Waals surface area contributed by atoms with Crippen LogP contribution in [0.4, 0.5) is 5.69 Å². The van der Waals surface area contributed by atoms with Crippen molar-refractivity contribution in [1.82, 2.24) is 9.62 Å². The number of nitrogens with zero attached hydrogens (tertiary/aromatic N) is 1. The number of thiophene rings is 1. The first kappa shape index (κ1) is 21.5. The van der Waals surface area contributed by atoms with Crippen LogP contribution >= 0.6 is 11.3 Å². The molecule has 1 aromatic heterocycles. The Hall–Kier alpha value is -1.74. The molecular formula is C22H29N3O3S2. The summed E-state index contributed by atoms with van der Waals surface area (Å²) in [5, 5.41) is 4.97. The first-order valence-corrected chi connectivity index (χ1v) is 13.0. The molecule has 4 rings (SSSR count). The highest BCUT2D eigenvalue weighted by molar-refractivity contribution is 7.89. The molecule has 0 bridgehead atoms. The van der Waals surface area contributed by atoms with Crippen LogP contribution in [0.5, 0.6) is 0 Å². The standard InChI is InChI=1S/C22H29N3O3S2/c26-22-5-1-3-18-15-20(6-7-21(18)24-22)30(27,28)23-16-17-8-11-25(12-9-17)13-10-19-4-2-14-29-19/h2,4,6-7,14-15,17,23H,1,3,5,8-13,16H2,(H,24,26). The van der Waals surface area contributed by atoms with Crippen molar-refractivity contribution in [2.45, 2.75) is 43.4 Å². The van der Waals surface area contributed by atoms with Crippen molar-refractivity contribution in [3.05, 3.63) is 46.2 Å². The molecule has 2 aromatic rings. The highest BCUT2D eigenvalue weighted by atomic mass is 32.2. The Morgan fingerprint density at radius 3 is 2.77 bits per heavy atom. The van der Waals surface area contributed by atoms with Gasteiger partial charge in [-0.2, -0.15) is 0 Å². The number of hydrogen-bond acceptors (Lipinski definition) is 5. The third kappa shape index (κ3) is 5.49. The Morgan fingerprint density at radius 1 is 1.17 bits per heavy atom.